The smallest absolute Gasteiger partial charge is 0.324 e. The molecule has 0 aromatic rings. The van der Waals surface area contributed by atoms with E-state index >= 15 is 0 Å². The molecule has 0 spiro atoms. The molecule has 1 heterocycles. The van der Waals surface area contributed by atoms with Gasteiger partial charge in [0.1, 0.15) is 5.54 Å². The molecular formula is C11H22N2O2. The molecule has 0 aromatic carbocycles. The van der Waals surface area contributed by atoms with Gasteiger partial charge in [-0.2, -0.15) is 0 Å². The maximum atomic E-state index is 11.4. The van der Waals surface area contributed by atoms with Crippen molar-refractivity contribution in [2.75, 3.05) is 13.1 Å². The minimum Gasteiger partial charge on any atom is -0.480 e. The van der Waals surface area contributed by atoms with Crippen LogP contribution in [0.25, 0.3) is 0 Å². The third kappa shape index (κ3) is 2.32. The molecule has 0 amide bonds. The van der Waals surface area contributed by atoms with Crippen molar-refractivity contribution in [3.05, 3.63) is 0 Å². The fraction of sp³-hybridized carbons (Fsp3) is 0.909. The third-order valence-electron chi connectivity index (χ3n) is 3.63. The van der Waals surface area contributed by atoms with Gasteiger partial charge in [0.15, 0.2) is 0 Å². The van der Waals surface area contributed by atoms with Gasteiger partial charge in [-0.05, 0) is 32.2 Å². The Morgan fingerprint density at radius 1 is 1.53 bits per heavy atom. The van der Waals surface area contributed by atoms with Gasteiger partial charge in [-0.3, -0.25) is 9.69 Å². The molecule has 1 rings (SSSR count). The summed E-state index contributed by atoms with van der Waals surface area (Å²) in [5.74, 6) is -0.707. The van der Waals surface area contributed by atoms with Crippen LogP contribution >= 0.6 is 0 Å². The van der Waals surface area contributed by atoms with Crippen molar-refractivity contribution in [2.45, 2.75) is 51.1 Å². The topological polar surface area (TPSA) is 66.6 Å². The predicted molar refractivity (Wildman–Crippen MR) is 59.7 cm³/mol. The van der Waals surface area contributed by atoms with E-state index in [0.717, 1.165) is 19.4 Å². The first-order valence-electron chi connectivity index (χ1n) is 5.80. The van der Waals surface area contributed by atoms with Crippen LogP contribution in [0.2, 0.25) is 0 Å². The van der Waals surface area contributed by atoms with Crippen LogP contribution in [0.5, 0.6) is 0 Å². The second-order valence-electron chi connectivity index (χ2n) is 4.39. The van der Waals surface area contributed by atoms with E-state index in [2.05, 4.69) is 4.90 Å². The standard InChI is InChI=1S/C11H22N2O2/c1-3-11(4-2,10(14)15)13-7-5-6-9(12)8-13/h9H,3-8,12H2,1-2H3,(H,14,15). The van der Waals surface area contributed by atoms with E-state index in [0.29, 0.717) is 19.4 Å². The Balaban J connectivity index is 2.83. The zero-order chi connectivity index (χ0) is 11.5. The summed E-state index contributed by atoms with van der Waals surface area (Å²) in [7, 11) is 0. The molecule has 0 saturated carbocycles. The lowest BCUT2D eigenvalue weighted by molar-refractivity contribution is -0.153. The third-order valence-corrected chi connectivity index (χ3v) is 3.63. The summed E-state index contributed by atoms with van der Waals surface area (Å²) in [6.45, 7) is 5.46. The van der Waals surface area contributed by atoms with E-state index < -0.39 is 11.5 Å². The molecule has 1 fully saturated rings. The summed E-state index contributed by atoms with van der Waals surface area (Å²) in [5.41, 5.74) is 5.20. The summed E-state index contributed by atoms with van der Waals surface area (Å²) in [5, 5.41) is 9.38. The average molecular weight is 214 g/mol. The van der Waals surface area contributed by atoms with E-state index in [1.165, 1.54) is 0 Å². The molecule has 4 heteroatoms. The van der Waals surface area contributed by atoms with Crippen LogP contribution < -0.4 is 5.73 Å². The lowest BCUT2D eigenvalue weighted by Crippen LogP contribution is -2.59. The van der Waals surface area contributed by atoms with Crippen LogP contribution in [-0.4, -0.2) is 40.6 Å². The summed E-state index contributed by atoms with van der Waals surface area (Å²) in [4.78, 5) is 13.5. The van der Waals surface area contributed by atoms with E-state index in [1.54, 1.807) is 0 Å². The van der Waals surface area contributed by atoms with Gasteiger partial charge in [0.25, 0.3) is 0 Å². The molecule has 1 atom stereocenters. The molecule has 88 valence electrons. The zero-order valence-electron chi connectivity index (χ0n) is 9.70. The number of piperidine rings is 1. The maximum absolute atomic E-state index is 11.4. The quantitative estimate of drug-likeness (QED) is 0.734. The Morgan fingerprint density at radius 3 is 2.53 bits per heavy atom. The molecule has 4 nitrogen and oxygen atoms in total. The van der Waals surface area contributed by atoms with Crippen molar-refractivity contribution >= 4 is 5.97 Å². The number of hydrogen-bond donors (Lipinski definition) is 2. The van der Waals surface area contributed by atoms with Crippen LogP contribution in [0.4, 0.5) is 0 Å². The molecule has 0 aliphatic carbocycles. The van der Waals surface area contributed by atoms with Crippen molar-refractivity contribution in [2.24, 2.45) is 5.73 Å². The van der Waals surface area contributed by atoms with Crippen molar-refractivity contribution < 1.29 is 9.90 Å². The van der Waals surface area contributed by atoms with E-state index in [9.17, 15) is 9.90 Å². The first-order chi connectivity index (χ1) is 7.06. The van der Waals surface area contributed by atoms with Crippen LogP contribution in [0.15, 0.2) is 0 Å². The van der Waals surface area contributed by atoms with Gasteiger partial charge >= 0.3 is 5.97 Å². The Hall–Kier alpha value is -0.610. The van der Waals surface area contributed by atoms with Gasteiger partial charge in [-0.1, -0.05) is 13.8 Å². The highest BCUT2D eigenvalue weighted by Crippen LogP contribution is 2.27. The molecular weight excluding hydrogens is 192 g/mol. The normalized spacial score (nSPS) is 24.1. The number of carboxylic acids is 1. The zero-order valence-corrected chi connectivity index (χ0v) is 9.70. The van der Waals surface area contributed by atoms with Gasteiger partial charge in [-0.15, -0.1) is 0 Å². The molecule has 15 heavy (non-hydrogen) atoms. The summed E-state index contributed by atoms with van der Waals surface area (Å²) in [6.07, 6.45) is 3.31. The summed E-state index contributed by atoms with van der Waals surface area (Å²) >= 11 is 0. The van der Waals surface area contributed by atoms with Crippen molar-refractivity contribution in [1.82, 2.24) is 4.90 Å². The highest BCUT2D eigenvalue weighted by Gasteiger charge is 2.42. The number of carboxylic acid groups (broad SMARTS) is 1. The fourth-order valence-electron chi connectivity index (χ4n) is 2.53. The first kappa shape index (κ1) is 12.5. The van der Waals surface area contributed by atoms with Crippen molar-refractivity contribution in [3.63, 3.8) is 0 Å². The van der Waals surface area contributed by atoms with Crippen LogP contribution in [-0.2, 0) is 4.79 Å². The van der Waals surface area contributed by atoms with Crippen molar-refractivity contribution in [3.8, 4) is 0 Å². The summed E-state index contributed by atoms with van der Waals surface area (Å²) < 4.78 is 0. The average Bonchev–Trinajstić information content (AvgIpc) is 2.20. The molecule has 1 aliphatic heterocycles. The Labute approximate surface area is 91.4 Å². The van der Waals surface area contributed by atoms with Crippen LogP contribution in [0, 0.1) is 0 Å². The highest BCUT2D eigenvalue weighted by molar-refractivity contribution is 5.78. The Bertz CT molecular complexity index is 227. The predicted octanol–water partition coefficient (Wildman–Crippen LogP) is 1.05. The number of likely N-dealkylation sites (tertiary alicyclic amines) is 1. The van der Waals surface area contributed by atoms with E-state index in [-0.39, 0.29) is 6.04 Å². The monoisotopic (exact) mass is 214 g/mol. The van der Waals surface area contributed by atoms with E-state index in [1.807, 2.05) is 13.8 Å². The van der Waals surface area contributed by atoms with Gasteiger partial charge in [0, 0.05) is 12.6 Å². The first-order valence-corrected chi connectivity index (χ1v) is 5.80. The lowest BCUT2D eigenvalue weighted by atomic mass is 9.88. The number of aliphatic carboxylic acids is 1. The van der Waals surface area contributed by atoms with Gasteiger partial charge in [0.2, 0.25) is 0 Å². The second kappa shape index (κ2) is 4.94. The minimum absolute atomic E-state index is 0.135. The summed E-state index contributed by atoms with van der Waals surface area (Å²) in [6, 6.07) is 0.135. The maximum Gasteiger partial charge on any atom is 0.324 e. The minimum atomic E-state index is -0.707. The van der Waals surface area contributed by atoms with Crippen molar-refractivity contribution in [1.29, 1.82) is 0 Å². The number of carbonyl (C=O) groups is 1. The van der Waals surface area contributed by atoms with Gasteiger partial charge < -0.3 is 10.8 Å². The molecule has 0 aromatic heterocycles. The number of nitrogens with zero attached hydrogens (tertiary/aromatic N) is 1. The molecule has 3 N–H and O–H groups in total. The Kier molecular flexibility index (Phi) is 4.11. The fourth-order valence-corrected chi connectivity index (χ4v) is 2.53. The lowest BCUT2D eigenvalue weighted by Gasteiger charge is -2.43. The van der Waals surface area contributed by atoms with Gasteiger partial charge in [0.05, 0.1) is 0 Å². The SMILES string of the molecule is CCC(CC)(C(=O)O)N1CCCC(N)C1. The molecule has 0 radical (unpaired) electrons. The molecule has 1 unspecified atom stereocenters. The van der Waals surface area contributed by atoms with Crippen LogP contribution in [0.3, 0.4) is 0 Å². The Morgan fingerprint density at radius 2 is 2.13 bits per heavy atom. The van der Waals surface area contributed by atoms with Crippen LogP contribution in [0.1, 0.15) is 39.5 Å². The molecule has 1 saturated heterocycles. The van der Waals surface area contributed by atoms with E-state index in [4.69, 9.17) is 5.73 Å². The largest absolute Gasteiger partial charge is 0.480 e. The number of rotatable bonds is 4. The molecule has 1 aliphatic rings. The molecule has 0 bridgehead atoms. The highest BCUT2D eigenvalue weighted by atomic mass is 16.4. The number of nitrogens with two attached hydrogens (primary N) is 1. The van der Waals surface area contributed by atoms with Gasteiger partial charge in [-0.25, -0.2) is 0 Å². The second-order valence-corrected chi connectivity index (χ2v) is 4.39. The number of hydrogen-bond acceptors (Lipinski definition) is 3.